The van der Waals surface area contributed by atoms with Crippen LogP contribution in [0.1, 0.15) is 18.4 Å². The van der Waals surface area contributed by atoms with E-state index in [1.165, 1.54) is 0 Å². The molecule has 18 heavy (non-hydrogen) atoms. The van der Waals surface area contributed by atoms with Crippen LogP contribution in [0.3, 0.4) is 0 Å². The quantitative estimate of drug-likeness (QED) is 0.835. The Morgan fingerprint density at radius 1 is 1.56 bits per heavy atom. The van der Waals surface area contributed by atoms with Gasteiger partial charge in [0.25, 0.3) is 0 Å². The molecule has 5 nitrogen and oxygen atoms in total. The van der Waals surface area contributed by atoms with Crippen LogP contribution < -0.4 is 10.6 Å². The lowest BCUT2D eigenvalue weighted by Crippen LogP contribution is -2.39. The van der Waals surface area contributed by atoms with Gasteiger partial charge >= 0.3 is 0 Å². The molecular weight excluding hydrogens is 228 g/mol. The Hall–Kier alpha value is -1.88. The predicted octanol–water partition coefficient (Wildman–Crippen LogP) is 0.702. The molecule has 1 saturated heterocycles. The first-order chi connectivity index (χ1) is 8.83. The van der Waals surface area contributed by atoms with Gasteiger partial charge in [0.05, 0.1) is 6.04 Å². The number of nitrogens with zero attached hydrogens (tertiary/aromatic N) is 2. The van der Waals surface area contributed by atoms with Gasteiger partial charge in [0.15, 0.2) is 0 Å². The van der Waals surface area contributed by atoms with Gasteiger partial charge in [-0.15, -0.1) is 0 Å². The molecule has 0 bridgehead atoms. The van der Waals surface area contributed by atoms with Gasteiger partial charge in [-0.25, -0.2) is 4.98 Å². The van der Waals surface area contributed by atoms with Crippen LogP contribution in [0.5, 0.6) is 0 Å². The minimum atomic E-state index is -0.0137. The van der Waals surface area contributed by atoms with Crippen molar-refractivity contribution >= 4 is 11.6 Å². The van der Waals surface area contributed by atoms with Crippen molar-refractivity contribution < 1.29 is 4.79 Å². The molecule has 1 fully saturated rings. The standard InChI is InChI=1S/C13H16N4O/c18-13(11-2-1-4-14-11)16-9-10-3-6-17-7-5-15-12(17)8-10/h3,5-8,11,14H,1-2,4,9H2,(H,16,18)/t11-/m0/s1. The molecule has 2 N–H and O–H groups in total. The number of fused-ring (bicyclic) bond motifs is 1. The van der Waals surface area contributed by atoms with E-state index in [9.17, 15) is 4.79 Å². The molecule has 0 radical (unpaired) electrons. The molecule has 0 aromatic carbocycles. The van der Waals surface area contributed by atoms with Crippen molar-refractivity contribution in [2.45, 2.75) is 25.4 Å². The number of amides is 1. The fourth-order valence-corrected chi connectivity index (χ4v) is 2.28. The second-order valence-corrected chi connectivity index (χ2v) is 4.59. The maximum absolute atomic E-state index is 11.8. The first kappa shape index (κ1) is 11.2. The molecule has 3 heterocycles. The summed E-state index contributed by atoms with van der Waals surface area (Å²) in [6, 6.07) is 3.97. The summed E-state index contributed by atoms with van der Waals surface area (Å²) in [5.41, 5.74) is 1.97. The molecule has 0 unspecified atom stereocenters. The molecule has 0 saturated carbocycles. The maximum Gasteiger partial charge on any atom is 0.237 e. The molecule has 5 heteroatoms. The highest BCUT2D eigenvalue weighted by molar-refractivity contribution is 5.82. The molecule has 1 atom stereocenters. The lowest BCUT2D eigenvalue weighted by molar-refractivity contribution is -0.122. The fraction of sp³-hybridized carbons (Fsp3) is 0.385. The van der Waals surface area contributed by atoms with Gasteiger partial charge < -0.3 is 15.0 Å². The molecule has 0 spiro atoms. The van der Waals surface area contributed by atoms with Crippen LogP contribution in [0.25, 0.3) is 5.65 Å². The van der Waals surface area contributed by atoms with Crippen molar-refractivity contribution in [2.24, 2.45) is 0 Å². The number of aromatic nitrogens is 2. The third kappa shape index (κ3) is 2.22. The Kier molecular flexibility index (Phi) is 2.98. The van der Waals surface area contributed by atoms with E-state index in [1.54, 1.807) is 6.20 Å². The molecule has 1 amide bonds. The molecule has 0 aliphatic carbocycles. The monoisotopic (exact) mass is 244 g/mol. The molecule has 2 aromatic rings. The van der Waals surface area contributed by atoms with E-state index in [-0.39, 0.29) is 11.9 Å². The summed E-state index contributed by atoms with van der Waals surface area (Å²) >= 11 is 0. The van der Waals surface area contributed by atoms with Crippen LogP contribution in [0.4, 0.5) is 0 Å². The van der Waals surface area contributed by atoms with Crippen molar-refractivity contribution in [2.75, 3.05) is 6.54 Å². The van der Waals surface area contributed by atoms with Crippen LogP contribution in [-0.2, 0) is 11.3 Å². The fourth-order valence-electron chi connectivity index (χ4n) is 2.28. The molecule has 94 valence electrons. The van der Waals surface area contributed by atoms with Crippen LogP contribution in [-0.4, -0.2) is 27.9 Å². The van der Waals surface area contributed by atoms with E-state index in [4.69, 9.17) is 0 Å². The van der Waals surface area contributed by atoms with E-state index in [2.05, 4.69) is 15.6 Å². The Labute approximate surface area is 105 Å². The zero-order chi connectivity index (χ0) is 12.4. The molecule has 2 aromatic heterocycles. The minimum absolute atomic E-state index is 0.0137. The SMILES string of the molecule is O=C(NCc1ccn2ccnc2c1)[C@@H]1CCCN1. The number of carbonyl (C=O) groups is 1. The minimum Gasteiger partial charge on any atom is -0.351 e. The zero-order valence-corrected chi connectivity index (χ0v) is 10.1. The van der Waals surface area contributed by atoms with Crippen LogP contribution >= 0.6 is 0 Å². The Morgan fingerprint density at radius 3 is 3.33 bits per heavy atom. The van der Waals surface area contributed by atoms with E-state index >= 15 is 0 Å². The average molecular weight is 244 g/mol. The normalized spacial score (nSPS) is 19.2. The molecular formula is C13H16N4O. The number of hydrogen-bond donors (Lipinski definition) is 2. The third-order valence-corrected chi connectivity index (χ3v) is 3.31. The molecule has 1 aliphatic heterocycles. The second-order valence-electron chi connectivity index (χ2n) is 4.59. The number of nitrogens with one attached hydrogen (secondary N) is 2. The Bertz CT molecular complexity index is 557. The van der Waals surface area contributed by atoms with Crippen molar-refractivity contribution in [3.8, 4) is 0 Å². The van der Waals surface area contributed by atoms with Gasteiger partial charge in [-0.1, -0.05) is 0 Å². The third-order valence-electron chi connectivity index (χ3n) is 3.31. The van der Waals surface area contributed by atoms with Crippen molar-refractivity contribution in [1.29, 1.82) is 0 Å². The largest absolute Gasteiger partial charge is 0.351 e. The van der Waals surface area contributed by atoms with Crippen LogP contribution in [0, 0.1) is 0 Å². The van der Waals surface area contributed by atoms with Crippen molar-refractivity contribution in [3.63, 3.8) is 0 Å². The summed E-state index contributed by atoms with van der Waals surface area (Å²) in [6.07, 6.45) is 7.64. The number of hydrogen-bond acceptors (Lipinski definition) is 3. The highest BCUT2D eigenvalue weighted by Crippen LogP contribution is 2.07. The van der Waals surface area contributed by atoms with Gasteiger partial charge in [-0.05, 0) is 37.1 Å². The highest BCUT2D eigenvalue weighted by atomic mass is 16.2. The Balaban J connectivity index is 1.63. The summed E-state index contributed by atoms with van der Waals surface area (Å²) in [5.74, 6) is 0.0933. The first-order valence-electron chi connectivity index (χ1n) is 6.25. The van der Waals surface area contributed by atoms with Gasteiger partial charge in [-0.3, -0.25) is 4.79 Å². The van der Waals surface area contributed by atoms with Crippen LogP contribution in [0.2, 0.25) is 0 Å². The number of rotatable bonds is 3. The summed E-state index contributed by atoms with van der Waals surface area (Å²) < 4.78 is 1.95. The summed E-state index contributed by atoms with van der Waals surface area (Å²) in [6.45, 7) is 1.50. The highest BCUT2D eigenvalue weighted by Gasteiger charge is 2.21. The van der Waals surface area contributed by atoms with Crippen molar-refractivity contribution in [3.05, 3.63) is 36.3 Å². The van der Waals surface area contributed by atoms with Gasteiger partial charge in [0.2, 0.25) is 5.91 Å². The lowest BCUT2D eigenvalue weighted by atomic mass is 10.2. The zero-order valence-electron chi connectivity index (χ0n) is 10.1. The molecule has 1 aliphatic rings. The van der Waals surface area contributed by atoms with Gasteiger partial charge in [-0.2, -0.15) is 0 Å². The van der Waals surface area contributed by atoms with Gasteiger partial charge in [0, 0.05) is 25.1 Å². The van der Waals surface area contributed by atoms with E-state index in [0.717, 1.165) is 30.6 Å². The second kappa shape index (κ2) is 4.78. The smallest absolute Gasteiger partial charge is 0.237 e. The number of imidazole rings is 1. The van der Waals surface area contributed by atoms with Crippen molar-refractivity contribution in [1.82, 2.24) is 20.0 Å². The topological polar surface area (TPSA) is 58.4 Å². The summed E-state index contributed by atoms with van der Waals surface area (Å²) in [5, 5.41) is 6.15. The molecule has 3 rings (SSSR count). The lowest BCUT2D eigenvalue weighted by Gasteiger charge is -2.11. The number of carbonyl (C=O) groups excluding carboxylic acids is 1. The Morgan fingerprint density at radius 2 is 2.50 bits per heavy atom. The van der Waals surface area contributed by atoms with E-state index in [1.807, 2.05) is 28.9 Å². The summed E-state index contributed by atoms with van der Waals surface area (Å²) in [4.78, 5) is 16.1. The van der Waals surface area contributed by atoms with E-state index < -0.39 is 0 Å². The maximum atomic E-state index is 11.8. The van der Waals surface area contributed by atoms with Gasteiger partial charge in [0.1, 0.15) is 5.65 Å². The predicted molar refractivity (Wildman–Crippen MR) is 68.1 cm³/mol. The first-order valence-corrected chi connectivity index (χ1v) is 6.25. The number of pyridine rings is 1. The summed E-state index contributed by atoms with van der Waals surface area (Å²) in [7, 11) is 0. The van der Waals surface area contributed by atoms with Crippen LogP contribution in [0.15, 0.2) is 30.7 Å². The van der Waals surface area contributed by atoms with E-state index in [0.29, 0.717) is 6.54 Å². The average Bonchev–Trinajstić information content (AvgIpc) is 3.05.